The lowest BCUT2D eigenvalue weighted by molar-refractivity contribution is 0.995. The summed E-state index contributed by atoms with van der Waals surface area (Å²) in [5, 5.41) is 6.48. The largest absolute Gasteiger partial charge is 0.247 e. The molecule has 9 aromatic rings. The molecule has 0 amide bonds. The zero-order valence-electron chi connectivity index (χ0n) is 25.9. The van der Waals surface area contributed by atoms with Gasteiger partial charge in [-0.25, -0.2) is 4.98 Å². The average molecular weight is 616 g/mol. The summed E-state index contributed by atoms with van der Waals surface area (Å²) in [5.74, 6) is 0.0716. The lowest BCUT2D eigenvalue weighted by atomic mass is 9.82. The highest BCUT2D eigenvalue weighted by Gasteiger charge is 2.34. The standard InChI is InChI=1S/C45H29NS/c1-27-33-18-9-10-21-40(33)46-45(32-17-11-16-29(22-32)28-12-3-2-4-13-28)43(27)44-35-20-8-7-19-34(35)36-25-38-37-23-30-14-5-6-15-31(30)24-41(37)47-42(38)26-39(36)44/h2-26,44H,1H3. The molecule has 0 N–H and O–H groups in total. The number of benzene rings is 7. The minimum Gasteiger partial charge on any atom is -0.247 e. The molecule has 47 heavy (non-hydrogen) atoms. The fourth-order valence-corrected chi connectivity index (χ4v) is 9.08. The van der Waals surface area contributed by atoms with Gasteiger partial charge in [0.15, 0.2) is 0 Å². The van der Waals surface area contributed by atoms with Crippen LogP contribution in [-0.2, 0) is 0 Å². The van der Waals surface area contributed by atoms with E-state index in [4.69, 9.17) is 4.98 Å². The Bertz CT molecular complexity index is 2700. The second-order valence-electron chi connectivity index (χ2n) is 12.7. The van der Waals surface area contributed by atoms with E-state index in [1.165, 1.54) is 80.8 Å². The molecule has 7 aromatic carbocycles. The van der Waals surface area contributed by atoms with Crippen molar-refractivity contribution < 1.29 is 0 Å². The van der Waals surface area contributed by atoms with Gasteiger partial charge >= 0.3 is 0 Å². The van der Waals surface area contributed by atoms with E-state index < -0.39 is 0 Å². The number of thiophene rings is 1. The monoisotopic (exact) mass is 615 g/mol. The molecule has 2 aromatic heterocycles. The van der Waals surface area contributed by atoms with Crippen molar-refractivity contribution in [2.45, 2.75) is 12.8 Å². The molecule has 0 aliphatic heterocycles. The van der Waals surface area contributed by atoms with Crippen LogP contribution in [0.5, 0.6) is 0 Å². The van der Waals surface area contributed by atoms with Gasteiger partial charge in [-0.15, -0.1) is 11.3 Å². The van der Waals surface area contributed by atoms with Crippen LogP contribution < -0.4 is 0 Å². The highest BCUT2D eigenvalue weighted by atomic mass is 32.1. The quantitative estimate of drug-likeness (QED) is 0.193. The Balaban J connectivity index is 1.26. The summed E-state index contributed by atoms with van der Waals surface area (Å²) >= 11 is 1.91. The molecule has 0 fully saturated rings. The number of hydrogen-bond donors (Lipinski definition) is 0. The molecule has 1 aliphatic rings. The van der Waals surface area contributed by atoms with Gasteiger partial charge in [-0.1, -0.05) is 115 Å². The Kier molecular flexibility index (Phi) is 5.79. The van der Waals surface area contributed by atoms with Crippen molar-refractivity contribution in [1.29, 1.82) is 0 Å². The molecule has 0 bridgehead atoms. The summed E-state index contributed by atoms with van der Waals surface area (Å²) in [7, 11) is 0. The van der Waals surface area contributed by atoms with Crippen molar-refractivity contribution in [3.05, 3.63) is 174 Å². The summed E-state index contributed by atoms with van der Waals surface area (Å²) in [5.41, 5.74) is 13.6. The number of para-hydroxylation sites is 1. The Hall–Kier alpha value is -5.57. The Labute approximate surface area is 277 Å². The van der Waals surface area contributed by atoms with E-state index in [0.29, 0.717) is 0 Å². The lowest BCUT2D eigenvalue weighted by Gasteiger charge is -2.22. The van der Waals surface area contributed by atoms with Crippen molar-refractivity contribution in [2.24, 2.45) is 0 Å². The molecule has 10 rings (SSSR count). The van der Waals surface area contributed by atoms with Gasteiger partial charge in [0.05, 0.1) is 11.2 Å². The fraction of sp³-hybridized carbons (Fsp3) is 0.0444. The molecule has 1 atom stereocenters. The molecule has 0 saturated carbocycles. The van der Waals surface area contributed by atoms with Gasteiger partial charge in [-0.3, -0.25) is 0 Å². The maximum Gasteiger partial charge on any atom is 0.0754 e. The van der Waals surface area contributed by atoms with Crippen LogP contribution in [0.15, 0.2) is 152 Å². The molecule has 1 aliphatic carbocycles. The zero-order valence-corrected chi connectivity index (χ0v) is 26.7. The lowest BCUT2D eigenvalue weighted by Crippen LogP contribution is -2.07. The third-order valence-electron chi connectivity index (χ3n) is 10.1. The summed E-state index contributed by atoms with van der Waals surface area (Å²) in [6.07, 6.45) is 0. The van der Waals surface area contributed by atoms with E-state index in [-0.39, 0.29) is 5.92 Å². The molecule has 2 heteroatoms. The van der Waals surface area contributed by atoms with Crippen molar-refractivity contribution in [1.82, 2.24) is 4.98 Å². The Morgan fingerprint density at radius 2 is 1.17 bits per heavy atom. The number of aromatic nitrogens is 1. The topological polar surface area (TPSA) is 12.9 Å². The molecule has 1 nitrogen and oxygen atoms in total. The van der Waals surface area contributed by atoms with Gasteiger partial charge in [-0.2, -0.15) is 0 Å². The highest BCUT2D eigenvalue weighted by Crippen LogP contribution is 2.53. The average Bonchev–Trinajstić information content (AvgIpc) is 3.64. The predicted octanol–water partition coefficient (Wildman–Crippen LogP) is 12.6. The van der Waals surface area contributed by atoms with Gasteiger partial charge in [0.1, 0.15) is 0 Å². The number of aryl methyl sites for hydroxylation is 1. The highest BCUT2D eigenvalue weighted by molar-refractivity contribution is 7.25. The predicted molar refractivity (Wildman–Crippen MR) is 201 cm³/mol. The van der Waals surface area contributed by atoms with Gasteiger partial charge in [0.2, 0.25) is 0 Å². The van der Waals surface area contributed by atoms with Crippen LogP contribution in [-0.4, -0.2) is 4.98 Å². The minimum absolute atomic E-state index is 0.0716. The van der Waals surface area contributed by atoms with Crippen LogP contribution in [0.4, 0.5) is 0 Å². The van der Waals surface area contributed by atoms with Gasteiger partial charge < -0.3 is 0 Å². The Morgan fingerprint density at radius 3 is 2.06 bits per heavy atom. The van der Waals surface area contributed by atoms with E-state index in [2.05, 4.69) is 159 Å². The number of rotatable bonds is 3. The first-order valence-electron chi connectivity index (χ1n) is 16.2. The fourth-order valence-electron chi connectivity index (χ4n) is 7.91. The number of fused-ring (bicyclic) bond motifs is 8. The van der Waals surface area contributed by atoms with E-state index in [9.17, 15) is 0 Å². The van der Waals surface area contributed by atoms with Crippen LogP contribution in [0.2, 0.25) is 0 Å². The summed E-state index contributed by atoms with van der Waals surface area (Å²) in [6, 6.07) is 55.6. The van der Waals surface area contributed by atoms with Crippen molar-refractivity contribution >= 4 is 53.2 Å². The number of nitrogens with zero attached hydrogens (tertiary/aromatic N) is 1. The second-order valence-corrected chi connectivity index (χ2v) is 13.8. The summed E-state index contributed by atoms with van der Waals surface area (Å²) in [4.78, 5) is 5.46. The smallest absolute Gasteiger partial charge is 0.0754 e. The summed E-state index contributed by atoms with van der Waals surface area (Å²) < 4.78 is 2.68. The van der Waals surface area contributed by atoms with E-state index in [1.54, 1.807) is 0 Å². The normalized spacial score (nSPS) is 13.9. The molecule has 0 saturated heterocycles. The first-order chi connectivity index (χ1) is 23.2. The van der Waals surface area contributed by atoms with Crippen LogP contribution in [0.25, 0.3) is 75.4 Å². The van der Waals surface area contributed by atoms with E-state index >= 15 is 0 Å². The molecule has 1 unspecified atom stereocenters. The first-order valence-corrected chi connectivity index (χ1v) is 17.1. The van der Waals surface area contributed by atoms with Gasteiger partial charge in [-0.05, 0) is 98.6 Å². The zero-order chi connectivity index (χ0) is 31.1. The van der Waals surface area contributed by atoms with Crippen LogP contribution in [0.1, 0.15) is 28.2 Å². The maximum absolute atomic E-state index is 5.46. The van der Waals surface area contributed by atoms with Crippen LogP contribution in [0.3, 0.4) is 0 Å². The molecule has 220 valence electrons. The molecule has 0 radical (unpaired) electrons. The van der Waals surface area contributed by atoms with Crippen molar-refractivity contribution in [3.8, 4) is 33.5 Å². The SMILES string of the molecule is Cc1c(C2c3ccccc3-c3cc4c(cc32)sc2cc3ccccc3cc24)c(-c2cccc(-c3ccccc3)c2)nc2ccccc12. The van der Waals surface area contributed by atoms with E-state index in [0.717, 1.165) is 16.8 Å². The first kappa shape index (κ1) is 26.6. The summed E-state index contributed by atoms with van der Waals surface area (Å²) in [6.45, 7) is 2.30. The van der Waals surface area contributed by atoms with Crippen molar-refractivity contribution in [3.63, 3.8) is 0 Å². The Morgan fingerprint density at radius 1 is 0.489 bits per heavy atom. The van der Waals surface area contributed by atoms with Crippen LogP contribution in [0, 0.1) is 6.92 Å². The molecule has 2 heterocycles. The van der Waals surface area contributed by atoms with Gasteiger partial charge in [0, 0.05) is 37.0 Å². The van der Waals surface area contributed by atoms with E-state index in [1.807, 2.05) is 11.3 Å². The van der Waals surface area contributed by atoms with Crippen LogP contribution >= 0.6 is 11.3 Å². The second kappa shape index (κ2) is 10.2. The number of hydrogen-bond acceptors (Lipinski definition) is 2. The maximum atomic E-state index is 5.46. The molecular weight excluding hydrogens is 587 g/mol. The third kappa shape index (κ3) is 4.05. The third-order valence-corrected chi connectivity index (χ3v) is 11.2. The number of pyridine rings is 1. The molecular formula is C45H29NS. The minimum atomic E-state index is 0.0716. The molecule has 0 spiro atoms. The van der Waals surface area contributed by atoms with Crippen molar-refractivity contribution in [2.75, 3.05) is 0 Å². The van der Waals surface area contributed by atoms with Gasteiger partial charge in [0.25, 0.3) is 0 Å².